The highest BCUT2D eigenvalue weighted by Crippen LogP contribution is 2.33. The number of pyridine rings is 1. The lowest BCUT2D eigenvalue weighted by atomic mass is 9.77. The zero-order valence-corrected chi connectivity index (χ0v) is 24.3. The average Bonchev–Trinajstić information content (AvgIpc) is 3.03. The van der Waals surface area contributed by atoms with Gasteiger partial charge in [-0.25, -0.2) is 9.78 Å². The van der Waals surface area contributed by atoms with Crippen LogP contribution in [0.2, 0.25) is 0 Å². The predicted molar refractivity (Wildman–Crippen MR) is 156 cm³/mol. The number of carbonyl (C=O) groups is 3. The van der Waals surface area contributed by atoms with E-state index in [4.69, 9.17) is 18.9 Å². The lowest BCUT2D eigenvalue weighted by Gasteiger charge is -2.31. The van der Waals surface area contributed by atoms with Gasteiger partial charge in [-0.15, -0.1) is 0 Å². The molecule has 1 aliphatic heterocycles. The Bertz CT molecular complexity index is 1330. The van der Waals surface area contributed by atoms with E-state index in [0.717, 1.165) is 25.7 Å². The summed E-state index contributed by atoms with van der Waals surface area (Å²) in [6.07, 6.45) is 4.67. The van der Waals surface area contributed by atoms with Crippen molar-refractivity contribution in [1.82, 2.24) is 10.3 Å². The predicted octanol–water partition coefficient (Wildman–Crippen LogP) is 4.92. The van der Waals surface area contributed by atoms with Crippen molar-refractivity contribution < 1.29 is 33.3 Å². The normalized spacial score (nSPS) is 20.7. The molecule has 4 unspecified atom stereocenters. The van der Waals surface area contributed by atoms with Gasteiger partial charge in [0.2, 0.25) is 6.79 Å². The molecule has 1 N–H and O–H groups in total. The van der Waals surface area contributed by atoms with Gasteiger partial charge in [-0.1, -0.05) is 67.1 Å². The maximum absolute atomic E-state index is 13.4. The molecule has 3 aromatic rings. The van der Waals surface area contributed by atoms with Crippen LogP contribution in [0.25, 0.3) is 0 Å². The van der Waals surface area contributed by atoms with E-state index in [-0.39, 0.29) is 35.1 Å². The van der Waals surface area contributed by atoms with E-state index in [1.54, 1.807) is 0 Å². The molecule has 4 atom stereocenters. The number of carbonyl (C=O) groups excluding carboxylic acids is 3. The third-order valence-corrected chi connectivity index (χ3v) is 7.59. The number of amides is 1. The van der Waals surface area contributed by atoms with Crippen molar-refractivity contribution in [2.45, 2.75) is 58.1 Å². The van der Waals surface area contributed by atoms with Gasteiger partial charge in [0, 0.05) is 25.1 Å². The highest BCUT2D eigenvalue weighted by atomic mass is 16.7. The van der Waals surface area contributed by atoms with Crippen LogP contribution in [0, 0.1) is 11.8 Å². The molecule has 2 heterocycles. The Morgan fingerprint density at radius 3 is 2.29 bits per heavy atom. The van der Waals surface area contributed by atoms with E-state index in [1.807, 2.05) is 43.3 Å². The number of hydrogen-bond acceptors (Lipinski definition) is 8. The van der Waals surface area contributed by atoms with Crippen molar-refractivity contribution in [2.75, 3.05) is 13.9 Å². The van der Waals surface area contributed by atoms with Crippen molar-refractivity contribution in [1.29, 1.82) is 0 Å². The minimum atomic E-state index is -0.873. The maximum atomic E-state index is 13.4. The molecule has 1 aromatic heterocycles. The second-order valence-electron chi connectivity index (χ2n) is 10.5. The number of methoxy groups -OCH3 is 1. The molecule has 42 heavy (non-hydrogen) atoms. The summed E-state index contributed by atoms with van der Waals surface area (Å²) >= 11 is 0. The first-order chi connectivity index (χ1) is 20.4. The molecule has 0 bridgehead atoms. The maximum Gasteiger partial charge on any atom is 0.328 e. The standard InChI is InChI=1S/C33H38N2O7/c1-22-27(20-25-13-8-5-9-14-25)26(19-24-11-6-4-7-12-24)15-10-16-28(33(38)42-22)35-32(37)30-31(41-21-40-23(2)36)29(39-3)17-18-34-30/h4-9,11-14,17-18,22,26-28H,10,15-16,19-21H2,1-3H3,(H,35,37). The second-order valence-corrected chi connectivity index (χ2v) is 10.5. The van der Waals surface area contributed by atoms with Gasteiger partial charge < -0.3 is 24.3 Å². The fraction of sp³-hybridized carbons (Fsp3) is 0.394. The number of hydrogen-bond donors (Lipinski definition) is 1. The molecule has 4 rings (SSSR count). The smallest absolute Gasteiger partial charge is 0.328 e. The molecule has 9 nitrogen and oxygen atoms in total. The molecule has 1 fully saturated rings. The Labute approximate surface area is 246 Å². The van der Waals surface area contributed by atoms with Gasteiger partial charge in [0.05, 0.1) is 7.11 Å². The molecule has 9 heteroatoms. The van der Waals surface area contributed by atoms with Gasteiger partial charge in [-0.3, -0.25) is 9.59 Å². The zero-order chi connectivity index (χ0) is 29.9. The van der Waals surface area contributed by atoms with Crippen LogP contribution in [-0.2, 0) is 31.9 Å². The topological polar surface area (TPSA) is 113 Å². The summed E-state index contributed by atoms with van der Waals surface area (Å²) < 4.78 is 21.7. The van der Waals surface area contributed by atoms with E-state index in [9.17, 15) is 14.4 Å². The van der Waals surface area contributed by atoms with Gasteiger partial charge in [-0.05, 0) is 49.7 Å². The Hall–Kier alpha value is -4.40. The SMILES string of the molecule is COc1ccnc(C(=O)NC2CCCC(Cc3ccccc3)C(Cc3ccccc3)C(C)OC2=O)c1OCOC(C)=O. The summed E-state index contributed by atoms with van der Waals surface area (Å²) in [5, 5.41) is 2.80. The van der Waals surface area contributed by atoms with E-state index in [0.29, 0.717) is 6.42 Å². The van der Waals surface area contributed by atoms with Gasteiger partial charge in [0.1, 0.15) is 12.1 Å². The lowest BCUT2D eigenvalue weighted by molar-refractivity contribution is -0.154. The quantitative estimate of drug-likeness (QED) is 0.268. The zero-order valence-electron chi connectivity index (χ0n) is 24.3. The molecule has 0 radical (unpaired) electrons. The van der Waals surface area contributed by atoms with E-state index in [1.165, 1.54) is 37.4 Å². The molecule has 1 aliphatic rings. The third kappa shape index (κ3) is 8.31. The van der Waals surface area contributed by atoms with Crippen LogP contribution in [0.4, 0.5) is 0 Å². The highest BCUT2D eigenvalue weighted by Gasteiger charge is 2.35. The summed E-state index contributed by atoms with van der Waals surface area (Å²) in [4.78, 5) is 42.2. The van der Waals surface area contributed by atoms with Crippen molar-refractivity contribution in [3.05, 3.63) is 89.7 Å². The van der Waals surface area contributed by atoms with Crippen molar-refractivity contribution >= 4 is 17.8 Å². The Morgan fingerprint density at radius 2 is 1.64 bits per heavy atom. The molecular weight excluding hydrogens is 536 g/mol. The molecular formula is C33H38N2O7. The van der Waals surface area contributed by atoms with Crippen LogP contribution in [0.15, 0.2) is 72.9 Å². The first kappa shape index (κ1) is 30.6. The molecule has 0 saturated carbocycles. The number of ether oxygens (including phenoxy) is 4. The third-order valence-electron chi connectivity index (χ3n) is 7.59. The van der Waals surface area contributed by atoms with Gasteiger partial charge in [-0.2, -0.15) is 0 Å². The second kappa shape index (κ2) is 15.0. The highest BCUT2D eigenvalue weighted by molar-refractivity contribution is 5.98. The van der Waals surface area contributed by atoms with Crippen LogP contribution in [0.5, 0.6) is 11.5 Å². The summed E-state index contributed by atoms with van der Waals surface area (Å²) in [7, 11) is 1.42. The monoisotopic (exact) mass is 574 g/mol. The van der Waals surface area contributed by atoms with Crippen LogP contribution in [-0.4, -0.2) is 48.9 Å². The van der Waals surface area contributed by atoms with E-state index in [2.05, 4.69) is 34.6 Å². The molecule has 1 amide bonds. The summed E-state index contributed by atoms with van der Waals surface area (Å²) in [6.45, 7) is 2.76. The summed E-state index contributed by atoms with van der Waals surface area (Å²) in [5.41, 5.74) is 2.35. The Balaban J connectivity index is 1.54. The van der Waals surface area contributed by atoms with Gasteiger partial charge >= 0.3 is 11.9 Å². The fourth-order valence-electron chi connectivity index (χ4n) is 5.46. The Morgan fingerprint density at radius 1 is 0.976 bits per heavy atom. The molecule has 0 spiro atoms. The number of nitrogens with zero attached hydrogens (tertiary/aromatic N) is 1. The molecule has 2 aromatic carbocycles. The van der Waals surface area contributed by atoms with Crippen LogP contribution >= 0.6 is 0 Å². The van der Waals surface area contributed by atoms with E-state index < -0.39 is 30.7 Å². The van der Waals surface area contributed by atoms with Gasteiger partial charge in [0.15, 0.2) is 17.2 Å². The van der Waals surface area contributed by atoms with Crippen LogP contribution < -0.4 is 14.8 Å². The lowest BCUT2D eigenvalue weighted by Crippen LogP contribution is -2.43. The first-order valence-corrected chi connectivity index (χ1v) is 14.2. The largest absolute Gasteiger partial charge is 0.493 e. The van der Waals surface area contributed by atoms with E-state index >= 15 is 0 Å². The number of esters is 2. The number of cyclic esters (lactones) is 1. The van der Waals surface area contributed by atoms with Crippen LogP contribution in [0.1, 0.15) is 54.7 Å². The van der Waals surface area contributed by atoms with Crippen molar-refractivity contribution in [3.63, 3.8) is 0 Å². The summed E-state index contributed by atoms with van der Waals surface area (Å²) in [6, 6.07) is 21.3. The number of nitrogens with one attached hydrogen (secondary N) is 1. The molecule has 0 aliphatic carbocycles. The number of rotatable bonds is 10. The fourth-order valence-corrected chi connectivity index (χ4v) is 5.46. The number of benzene rings is 2. The molecule has 1 saturated heterocycles. The number of aromatic nitrogens is 1. The van der Waals surface area contributed by atoms with Crippen molar-refractivity contribution in [2.24, 2.45) is 11.8 Å². The summed E-state index contributed by atoms with van der Waals surface area (Å²) in [5.74, 6) is -1.04. The molecule has 222 valence electrons. The first-order valence-electron chi connectivity index (χ1n) is 14.2. The van der Waals surface area contributed by atoms with Gasteiger partial charge in [0.25, 0.3) is 5.91 Å². The minimum absolute atomic E-state index is 0.00871. The Kier molecular flexibility index (Phi) is 10.9. The average molecular weight is 575 g/mol. The minimum Gasteiger partial charge on any atom is -0.493 e. The van der Waals surface area contributed by atoms with Crippen LogP contribution in [0.3, 0.4) is 0 Å². The van der Waals surface area contributed by atoms with Crippen molar-refractivity contribution in [3.8, 4) is 11.5 Å².